The Morgan fingerprint density at radius 1 is 1.12 bits per heavy atom. The third-order valence-corrected chi connectivity index (χ3v) is 4.17. The summed E-state index contributed by atoms with van der Waals surface area (Å²) in [5.41, 5.74) is 0.246. The lowest BCUT2D eigenvalue weighted by atomic mass is 10.1. The molecule has 0 spiro atoms. The molecular weight excluding hydrogens is 332 g/mol. The second kappa shape index (κ2) is 7.65. The molecular formula is C16H24N2O5S. The van der Waals surface area contributed by atoms with Crippen LogP contribution in [0, 0.1) is 6.92 Å². The van der Waals surface area contributed by atoms with E-state index in [1.165, 1.54) is 6.07 Å². The Morgan fingerprint density at radius 3 is 2.25 bits per heavy atom. The number of benzene rings is 1. The van der Waals surface area contributed by atoms with Gasteiger partial charge in [-0.25, -0.2) is 13.2 Å². The molecule has 0 fully saturated rings. The monoisotopic (exact) mass is 356 g/mol. The lowest BCUT2D eigenvalue weighted by molar-refractivity contribution is 0.0526. The van der Waals surface area contributed by atoms with Gasteiger partial charge >= 0.3 is 6.09 Å². The molecule has 7 nitrogen and oxygen atoms in total. The molecule has 0 radical (unpaired) electrons. The maximum absolute atomic E-state index is 12.1. The summed E-state index contributed by atoms with van der Waals surface area (Å²) in [6.07, 6.45) is 0.536. The van der Waals surface area contributed by atoms with Crippen molar-refractivity contribution in [3.8, 4) is 0 Å². The van der Waals surface area contributed by atoms with E-state index in [1.54, 1.807) is 39.8 Å². The van der Waals surface area contributed by atoms with E-state index in [4.69, 9.17) is 4.74 Å². The second-order valence-electron chi connectivity index (χ2n) is 6.44. The van der Waals surface area contributed by atoms with Gasteiger partial charge in [0.2, 0.25) is 0 Å². The lowest BCUT2D eigenvalue weighted by Crippen LogP contribution is -2.37. The van der Waals surface area contributed by atoms with Gasteiger partial charge in [-0.2, -0.15) is 0 Å². The molecule has 0 saturated carbocycles. The number of carbonyl (C=O) groups excluding carboxylic acids is 2. The number of sulfone groups is 1. The quantitative estimate of drug-likeness (QED) is 0.781. The summed E-state index contributed by atoms with van der Waals surface area (Å²) < 4.78 is 28.4. The van der Waals surface area contributed by atoms with E-state index in [1.807, 2.05) is 0 Å². The van der Waals surface area contributed by atoms with Gasteiger partial charge in [-0.05, 0) is 45.4 Å². The minimum absolute atomic E-state index is 0.127. The van der Waals surface area contributed by atoms with Crippen molar-refractivity contribution in [3.63, 3.8) is 0 Å². The van der Waals surface area contributed by atoms with Crippen LogP contribution >= 0.6 is 0 Å². The summed E-state index contributed by atoms with van der Waals surface area (Å²) in [6.45, 7) is 7.33. The molecule has 1 rings (SSSR count). The van der Waals surface area contributed by atoms with Crippen LogP contribution in [0.25, 0.3) is 0 Å². The molecule has 0 aliphatic heterocycles. The maximum atomic E-state index is 12.1. The largest absolute Gasteiger partial charge is 0.444 e. The average molecular weight is 356 g/mol. The summed E-state index contributed by atoms with van der Waals surface area (Å²) in [4.78, 5) is 23.6. The van der Waals surface area contributed by atoms with Crippen LogP contribution in [0.4, 0.5) is 4.79 Å². The summed E-state index contributed by atoms with van der Waals surface area (Å²) >= 11 is 0. The molecule has 24 heavy (non-hydrogen) atoms. The number of amides is 2. The first-order chi connectivity index (χ1) is 10.9. The molecule has 0 bridgehead atoms. The third-order valence-electron chi connectivity index (χ3n) is 2.93. The summed E-state index contributed by atoms with van der Waals surface area (Å²) in [6, 6.07) is 4.49. The molecule has 0 aromatic heterocycles. The smallest absolute Gasteiger partial charge is 0.407 e. The average Bonchev–Trinajstić information content (AvgIpc) is 2.40. The van der Waals surface area contributed by atoms with E-state index in [2.05, 4.69) is 10.6 Å². The Kier molecular flexibility index (Phi) is 6.36. The van der Waals surface area contributed by atoms with Crippen LogP contribution in [0.1, 0.15) is 36.7 Å². The highest BCUT2D eigenvalue weighted by molar-refractivity contribution is 7.90. The van der Waals surface area contributed by atoms with Crippen LogP contribution in [0.2, 0.25) is 0 Å². The van der Waals surface area contributed by atoms with Crippen LogP contribution in [-0.4, -0.2) is 45.4 Å². The van der Waals surface area contributed by atoms with Gasteiger partial charge < -0.3 is 15.4 Å². The van der Waals surface area contributed by atoms with Gasteiger partial charge in [-0.1, -0.05) is 6.07 Å². The molecule has 0 saturated heterocycles. The van der Waals surface area contributed by atoms with Crippen molar-refractivity contribution in [3.05, 3.63) is 29.3 Å². The molecule has 134 valence electrons. The summed E-state index contributed by atoms with van der Waals surface area (Å²) in [7, 11) is -3.40. The molecule has 8 heteroatoms. The van der Waals surface area contributed by atoms with E-state index >= 15 is 0 Å². The van der Waals surface area contributed by atoms with Crippen LogP contribution in [0.3, 0.4) is 0 Å². The van der Waals surface area contributed by atoms with Crippen molar-refractivity contribution in [2.24, 2.45) is 0 Å². The molecule has 1 aromatic rings. The van der Waals surface area contributed by atoms with Crippen molar-refractivity contribution < 1.29 is 22.7 Å². The number of alkyl carbamates (subject to hydrolysis) is 1. The predicted molar refractivity (Wildman–Crippen MR) is 90.9 cm³/mol. The zero-order valence-corrected chi connectivity index (χ0v) is 15.4. The predicted octanol–water partition coefficient (Wildman–Crippen LogP) is 1.65. The molecule has 2 amide bonds. The highest BCUT2D eigenvalue weighted by atomic mass is 32.2. The van der Waals surface area contributed by atoms with Crippen LogP contribution in [0.5, 0.6) is 0 Å². The molecule has 0 atom stereocenters. The second-order valence-corrected chi connectivity index (χ2v) is 8.42. The fourth-order valence-corrected chi connectivity index (χ4v) is 2.89. The van der Waals surface area contributed by atoms with Gasteiger partial charge in [-0.15, -0.1) is 0 Å². The molecule has 1 aromatic carbocycles. The Labute approximate surface area is 142 Å². The standard InChI is InChI=1S/C16H24N2O5S/c1-11-6-7-12(10-13(11)24(5,21)22)14(19)17-8-9-18-15(20)23-16(2,3)4/h6-7,10H,8-9H2,1-5H3,(H,17,19)(H,18,20). The Balaban J connectivity index is 2.57. The number of hydrogen-bond donors (Lipinski definition) is 2. The van der Waals surface area contributed by atoms with E-state index in [0.717, 1.165) is 6.26 Å². The van der Waals surface area contributed by atoms with E-state index in [0.29, 0.717) is 5.56 Å². The molecule has 0 aliphatic rings. The molecule has 0 heterocycles. The number of carbonyl (C=O) groups is 2. The van der Waals surface area contributed by atoms with Gasteiger partial charge in [-0.3, -0.25) is 4.79 Å². The maximum Gasteiger partial charge on any atom is 0.407 e. The van der Waals surface area contributed by atoms with Crippen molar-refractivity contribution in [2.45, 2.75) is 38.2 Å². The zero-order chi connectivity index (χ0) is 18.5. The zero-order valence-electron chi connectivity index (χ0n) is 14.6. The van der Waals surface area contributed by atoms with Crippen LogP contribution in [-0.2, 0) is 14.6 Å². The molecule has 2 N–H and O–H groups in total. The minimum Gasteiger partial charge on any atom is -0.444 e. The number of nitrogens with one attached hydrogen (secondary N) is 2. The van der Waals surface area contributed by atoms with Crippen LogP contribution in [0.15, 0.2) is 23.1 Å². The fraction of sp³-hybridized carbons (Fsp3) is 0.500. The first-order valence-electron chi connectivity index (χ1n) is 7.46. The van der Waals surface area contributed by atoms with Crippen molar-refractivity contribution in [2.75, 3.05) is 19.3 Å². The summed E-state index contributed by atoms with van der Waals surface area (Å²) in [5, 5.41) is 5.13. The van der Waals surface area contributed by atoms with Gasteiger partial charge in [0, 0.05) is 24.9 Å². The molecule has 0 aliphatic carbocycles. The van der Waals surface area contributed by atoms with Crippen LogP contribution < -0.4 is 10.6 Å². The normalized spacial score (nSPS) is 11.7. The van der Waals surface area contributed by atoms with E-state index < -0.39 is 27.4 Å². The fourth-order valence-electron chi connectivity index (χ4n) is 1.90. The number of hydrogen-bond acceptors (Lipinski definition) is 5. The first kappa shape index (κ1) is 20.0. The Morgan fingerprint density at radius 2 is 1.71 bits per heavy atom. The minimum atomic E-state index is -3.40. The number of aryl methyl sites for hydroxylation is 1. The highest BCUT2D eigenvalue weighted by Crippen LogP contribution is 2.16. The molecule has 0 unspecified atom stereocenters. The van der Waals surface area contributed by atoms with Gasteiger partial charge in [0.25, 0.3) is 5.91 Å². The van der Waals surface area contributed by atoms with Gasteiger partial charge in [0.15, 0.2) is 9.84 Å². The third kappa shape index (κ3) is 6.57. The lowest BCUT2D eigenvalue weighted by Gasteiger charge is -2.19. The van der Waals surface area contributed by atoms with Gasteiger partial charge in [0.1, 0.15) is 5.60 Å². The Hall–Kier alpha value is -2.09. The number of rotatable bonds is 5. The highest BCUT2D eigenvalue weighted by Gasteiger charge is 2.16. The SMILES string of the molecule is Cc1ccc(C(=O)NCCNC(=O)OC(C)(C)C)cc1S(C)(=O)=O. The topological polar surface area (TPSA) is 102 Å². The summed E-state index contributed by atoms with van der Waals surface area (Å²) in [5.74, 6) is -0.411. The van der Waals surface area contributed by atoms with Crippen molar-refractivity contribution >= 4 is 21.8 Å². The Bertz CT molecular complexity index is 720. The van der Waals surface area contributed by atoms with E-state index in [-0.39, 0.29) is 23.5 Å². The van der Waals surface area contributed by atoms with E-state index in [9.17, 15) is 18.0 Å². The van der Waals surface area contributed by atoms with Crippen molar-refractivity contribution in [1.82, 2.24) is 10.6 Å². The van der Waals surface area contributed by atoms with Crippen molar-refractivity contribution in [1.29, 1.82) is 0 Å². The first-order valence-corrected chi connectivity index (χ1v) is 9.35. The number of ether oxygens (including phenoxy) is 1. The van der Waals surface area contributed by atoms with Gasteiger partial charge in [0.05, 0.1) is 4.90 Å².